The highest BCUT2D eigenvalue weighted by atomic mass is 19.1. The molecule has 0 bridgehead atoms. The summed E-state index contributed by atoms with van der Waals surface area (Å²) in [5.74, 6) is -0.0903. The lowest BCUT2D eigenvalue weighted by atomic mass is 10.2. The fourth-order valence-corrected chi connectivity index (χ4v) is 0.603. The molecule has 0 atom stereocenters. The molecule has 0 aromatic rings. The van der Waals surface area contributed by atoms with Gasteiger partial charge in [-0.25, -0.2) is 4.39 Å². The average Bonchev–Trinajstić information content (AvgIpc) is 1.99. The zero-order chi connectivity index (χ0) is 6.69. The molecule has 9 heavy (non-hydrogen) atoms. The summed E-state index contributed by atoms with van der Waals surface area (Å²) >= 11 is 0. The molecule has 0 fully saturated rings. The Balaban J connectivity index is 2.85. The smallest absolute Gasteiger partial charge is 0.108 e. The van der Waals surface area contributed by atoms with Gasteiger partial charge in [0, 0.05) is 18.8 Å². The van der Waals surface area contributed by atoms with Gasteiger partial charge in [0.1, 0.15) is 5.83 Å². The molecule has 0 N–H and O–H groups in total. The van der Waals surface area contributed by atoms with Crippen LogP contribution in [0.5, 0.6) is 0 Å². The van der Waals surface area contributed by atoms with Gasteiger partial charge in [-0.15, -0.1) is 0 Å². The Kier molecular flexibility index (Phi) is 1.78. The van der Waals surface area contributed by atoms with Crippen LogP contribution in [0.25, 0.3) is 0 Å². The number of allylic oxidation sites excluding steroid dienone is 3. The summed E-state index contributed by atoms with van der Waals surface area (Å²) in [5.41, 5.74) is 0.625. The lowest BCUT2D eigenvalue weighted by Crippen LogP contribution is -1.79. The normalized spacial score (nSPS) is 18.4. The van der Waals surface area contributed by atoms with Crippen LogP contribution in [0.3, 0.4) is 0 Å². The second-order valence-corrected chi connectivity index (χ2v) is 1.95. The Morgan fingerprint density at radius 1 is 1.67 bits per heavy atom. The summed E-state index contributed by atoms with van der Waals surface area (Å²) in [6.07, 6.45) is 5.21. The summed E-state index contributed by atoms with van der Waals surface area (Å²) < 4.78 is 12.6. The Morgan fingerprint density at radius 3 is 3.22 bits per heavy atom. The van der Waals surface area contributed by atoms with Crippen LogP contribution in [0.4, 0.5) is 4.39 Å². The van der Waals surface area contributed by atoms with Crippen molar-refractivity contribution in [2.24, 2.45) is 4.99 Å². The van der Waals surface area contributed by atoms with Gasteiger partial charge >= 0.3 is 0 Å². The molecule has 0 aliphatic carbocycles. The number of rotatable bonds is 0. The van der Waals surface area contributed by atoms with Gasteiger partial charge in [-0.2, -0.15) is 0 Å². The predicted molar refractivity (Wildman–Crippen MR) is 36.1 cm³/mol. The summed E-state index contributed by atoms with van der Waals surface area (Å²) in [7, 11) is 0. The maximum absolute atomic E-state index is 12.6. The van der Waals surface area contributed by atoms with Gasteiger partial charge in [-0.3, -0.25) is 4.99 Å². The van der Waals surface area contributed by atoms with E-state index in [0.29, 0.717) is 12.0 Å². The number of hydrogen-bond acceptors (Lipinski definition) is 1. The predicted octanol–water partition coefficient (Wildman–Crippen LogP) is 2.22. The van der Waals surface area contributed by atoms with Crippen LogP contribution in [0.15, 0.2) is 28.7 Å². The van der Waals surface area contributed by atoms with E-state index in [0.717, 1.165) is 0 Å². The largest absolute Gasteiger partial charge is 0.265 e. The molecule has 48 valence electrons. The highest BCUT2D eigenvalue weighted by Crippen LogP contribution is 2.11. The highest BCUT2D eigenvalue weighted by Gasteiger charge is 1.97. The second kappa shape index (κ2) is 2.58. The molecule has 1 aliphatic rings. The molecule has 0 amide bonds. The minimum atomic E-state index is -0.0903. The molecule has 2 heteroatoms. The molecule has 1 rings (SSSR count). The fraction of sp³-hybridized carbons (Fsp3) is 0.286. The Labute approximate surface area is 53.6 Å². The van der Waals surface area contributed by atoms with Gasteiger partial charge in [-0.05, 0) is 12.5 Å². The van der Waals surface area contributed by atoms with Crippen molar-refractivity contribution in [2.45, 2.75) is 13.3 Å². The third-order valence-corrected chi connectivity index (χ3v) is 1.18. The maximum atomic E-state index is 12.6. The first kappa shape index (κ1) is 6.20. The lowest BCUT2D eigenvalue weighted by molar-refractivity contribution is 0.612. The van der Waals surface area contributed by atoms with E-state index in [1.54, 1.807) is 19.2 Å². The second-order valence-electron chi connectivity index (χ2n) is 1.95. The molecule has 1 heterocycles. The molecule has 0 unspecified atom stereocenters. The van der Waals surface area contributed by atoms with Crippen molar-refractivity contribution in [1.82, 2.24) is 0 Å². The zero-order valence-corrected chi connectivity index (χ0v) is 5.26. The van der Waals surface area contributed by atoms with Gasteiger partial charge in [0.2, 0.25) is 0 Å². The quantitative estimate of drug-likeness (QED) is 0.470. The SMILES string of the molecule is CC1=C(F)CC=CN=C1. The van der Waals surface area contributed by atoms with Crippen molar-refractivity contribution >= 4 is 6.21 Å². The van der Waals surface area contributed by atoms with Crippen molar-refractivity contribution in [3.8, 4) is 0 Å². The van der Waals surface area contributed by atoms with Crippen LogP contribution in [0.1, 0.15) is 13.3 Å². The maximum Gasteiger partial charge on any atom is 0.108 e. The van der Waals surface area contributed by atoms with Crippen LogP contribution in [0.2, 0.25) is 0 Å². The van der Waals surface area contributed by atoms with Gasteiger partial charge < -0.3 is 0 Å². The average molecular weight is 125 g/mol. The van der Waals surface area contributed by atoms with Crippen molar-refractivity contribution in [3.63, 3.8) is 0 Å². The summed E-state index contributed by atoms with van der Waals surface area (Å²) in [6.45, 7) is 1.71. The molecule has 1 nitrogen and oxygen atoms in total. The van der Waals surface area contributed by atoms with Crippen LogP contribution in [0, 0.1) is 0 Å². The molecule has 0 saturated carbocycles. The van der Waals surface area contributed by atoms with Crippen molar-refractivity contribution in [1.29, 1.82) is 0 Å². The number of nitrogens with zero attached hydrogens (tertiary/aromatic N) is 1. The van der Waals surface area contributed by atoms with E-state index in [1.807, 2.05) is 0 Å². The number of hydrogen-bond donors (Lipinski definition) is 0. The van der Waals surface area contributed by atoms with Crippen molar-refractivity contribution in [3.05, 3.63) is 23.7 Å². The number of aliphatic imine (C=N–C) groups is 1. The first-order valence-electron chi connectivity index (χ1n) is 2.84. The Hall–Kier alpha value is -0.920. The first-order chi connectivity index (χ1) is 4.30. The number of halogens is 1. The molecule has 0 saturated heterocycles. The van der Waals surface area contributed by atoms with Crippen LogP contribution < -0.4 is 0 Å². The van der Waals surface area contributed by atoms with E-state index in [-0.39, 0.29) is 5.83 Å². The Morgan fingerprint density at radius 2 is 2.44 bits per heavy atom. The van der Waals surface area contributed by atoms with Crippen molar-refractivity contribution in [2.75, 3.05) is 0 Å². The summed E-state index contributed by atoms with van der Waals surface area (Å²) in [5, 5.41) is 0. The van der Waals surface area contributed by atoms with Gasteiger partial charge in [0.25, 0.3) is 0 Å². The molecular weight excluding hydrogens is 117 g/mol. The fourth-order valence-electron chi connectivity index (χ4n) is 0.603. The third-order valence-electron chi connectivity index (χ3n) is 1.18. The summed E-state index contributed by atoms with van der Waals surface area (Å²) in [4.78, 5) is 3.80. The molecular formula is C7H8FN. The van der Waals surface area contributed by atoms with E-state index in [9.17, 15) is 4.39 Å². The topological polar surface area (TPSA) is 12.4 Å². The first-order valence-corrected chi connectivity index (χ1v) is 2.84. The van der Waals surface area contributed by atoms with Gasteiger partial charge in [-0.1, -0.05) is 6.08 Å². The van der Waals surface area contributed by atoms with E-state index in [1.165, 1.54) is 6.21 Å². The summed E-state index contributed by atoms with van der Waals surface area (Å²) in [6, 6.07) is 0. The van der Waals surface area contributed by atoms with E-state index in [2.05, 4.69) is 4.99 Å². The standard InChI is InChI=1S/C7H8FN/c1-6-5-9-4-2-3-7(6)8/h2,4-5H,3H2,1H3. The minimum Gasteiger partial charge on any atom is -0.265 e. The molecule has 0 spiro atoms. The molecule has 0 aromatic carbocycles. The minimum absolute atomic E-state index is 0.0903. The van der Waals surface area contributed by atoms with E-state index in [4.69, 9.17) is 0 Å². The zero-order valence-electron chi connectivity index (χ0n) is 5.26. The van der Waals surface area contributed by atoms with Crippen LogP contribution >= 0.6 is 0 Å². The van der Waals surface area contributed by atoms with E-state index < -0.39 is 0 Å². The molecule has 1 aliphatic heterocycles. The molecule has 0 aromatic heterocycles. The van der Waals surface area contributed by atoms with Gasteiger partial charge in [0.05, 0.1) is 0 Å². The van der Waals surface area contributed by atoms with Crippen LogP contribution in [-0.4, -0.2) is 6.21 Å². The third kappa shape index (κ3) is 1.49. The van der Waals surface area contributed by atoms with Gasteiger partial charge in [0.15, 0.2) is 0 Å². The van der Waals surface area contributed by atoms with E-state index >= 15 is 0 Å². The van der Waals surface area contributed by atoms with Crippen molar-refractivity contribution < 1.29 is 4.39 Å². The van der Waals surface area contributed by atoms with Crippen LogP contribution in [-0.2, 0) is 0 Å². The Bertz CT molecular complexity index is 189. The lowest BCUT2D eigenvalue weighted by Gasteiger charge is -1.89. The molecule has 0 radical (unpaired) electrons. The highest BCUT2D eigenvalue weighted by molar-refractivity contribution is 5.79. The monoisotopic (exact) mass is 125 g/mol.